The summed E-state index contributed by atoms with van der Waals surface area (Å²) in [5, 5.41) is 0. The molecule has 0 spiro atoms. The number of hydrogen-bond donors (Lipinski definition) is 0. The van der Waals surface area contributed by atoms with E-state index in [1.54, 1.807) is 12.1 Å². The third-order valence-corrected chi connectivity index (χ3v) is 7.42. The predicted molar refractivity (Wildman–Crippen MR) is 122 cm³/mol. The van der Waals surface area contributed by atoms with Gasteiger partial charge in [0, 0.05) is 24.3 Å². The molecule has 0 unspecified atom stereocenters. The average molecular weight is 419 g/mol. The zero-order valence-electron chi connectivity index (χ0n) is 18.1. The Morgan fingerprint density at radius 1 is 0.903 bits per heavy atom. The molecule has 2 aliphatic rings. The molecule has 162 valence electrons. The van der Waals surface area contributed by atoms with Crippen molar-refractivity contribution in [3.63, 3.8) is 0 Å². The van der Waals surface area contributed by atoms with Crippen LogP contribution >= 0.6 is 0 Å². The number of fused-ring (bicyclic) bond motifs is 1. The van der Waals surface area contributed by atoms with Crippen molar-refractivity contribution in [3.8, 4) is 0 Å². The lowest BCUT2D eigenvalue weighted by molar-refractivity contribution is -0.128. The Bertz CT molecular complexity index is 1060. The van der Waals surface area contributed by atoms with E-state index < -0.39 is 0 Å². The first-order valence-corrected chi connectivity index (χ1v) is 11.9. The van der Waals surface area contributed by atoms with E-state index in [0.29, 0.717) is 24.2 Å². The van der Waals surface area contributed by atoms with Crippen LogP contribution in [-0.4, -0.2) is 15.3 Å². The van der Waals surface area contributed by atoms with E-state index in [9.17, 15) is 9.18 Å². The number of carbonyl (C=O) groups is 1. The van der Waals surface area contributed by atoms with E-state index >= 15 is 0 Å². The van der Waals surface area contributed by atoms with Crippen LogP contribution in [0.25, 0.3) is 11.0 Å². The molecule has 2 aromatic carbocycles. The first kappa shape index (κ1) is 20.4. The van der Waals surface area contributed by atoms with Crippen molar-refractivity contribution in [2.24, 2.45) is 11.8 Å². The van der Waals surface area contributed by atoms with Gasteiger partial charge in [0.2, 0.25) is 0 Å². The highest BCUT2D eigenvalue weighted by molar-refractivity contribution is 5.83. The molecule has 0 aliphatic heterocycles. The van der Waals surface area contributed by atoms with Gasteiger partial charge in [-0.15, -0.1) is 0 Å². The zero-order chi connectivity index (χ0) is 21.2. The summed E-state index contributed by atoms with van der Waals surface area (Å²) in [4.78, 5) is 18.0. The van der Waals surface area contributed by atoms with E-state index in [2.05, 4.69) is 16.7 Å². The van der Waals surface area contributed by atoms with Gasteiger partial charge < -0.3 is 4.57 Å². The Morgan fingerprint density at radius 3 is 2.42 bits per heavy atom. The molecule has 3 aromatic rings. The van der Waals surface area contributed by atoms with Gasteiger partial charge in [-0.1, -0.05) is 43.5 Å². The lowest BCUT2D eigenvalue weighted by Crippen LogP contribution is -2.29. The van der Waals surface area contributed by atoms with Crippen LogP contribution in [0.5, 0.6) is 0 Å². The highest BCUT2D eigenvalue weighted by Crippen LogP contribution is 2.39. The lowest BCUT2D eigenvalue weighted by atomic mass is 9.74. The van der Waals surface area contributed by atoms with Gasteiger partial charge in [0.05, 0.1) is 11.0 Å². The Morgan fingerprint density at radius 2 is 1.65 bits per heavy atom. The molecule has 2 fully saturated rings. The number of Topliss-reactive ketones (excluding diaryl/α,β-unsaturated/α-hetero) is 1. The number of hydrogen-bond acceptors (Lipinski definition) is 2. The fourth-order valence-corrected chi connectivity index (χ4v) is 5.75. The monoisotopic (exact) mass is 418 g/mol. The second-order valence-corrected chi connectivity index (χ2v) is 9.46. The second-order valence-electron chi connectivity index (χ2n) is 9.46. The van der Waals surface area contributed by atoms with Gasteiger partial charge in [-0.05, 0) is 68.4 Å². The predicted octanol–water partition coefficient (Wildman–Crippen LogP) is 6.65. The van der Waals surface area contributed by atoms with Gasteiger partial charge in [-0.2, -0.15) is 0 Å². The lowest BCUT2D eigenvalue weighted by Gasteiger charge is -2.31. The number of para-hydroxylation sites is 2. The number of carbonyl (C=O) groups excluding carboxylic acids is 1. The summed E-state index contributed by atoms with van der Waals surface area (Å²) in [7, 11) is 0. The molecule has 0 saturated heterocycles. The Labute approximate surface area is 183 Å². The number of halogens is 1. The maximum atomic E-state index is 13.8. The maximum Gasteiger partial charge on any atom is 0.139 e. The topological polar surface area (TPSA) is 34.9 Å². The van der Waals surface area contributed by atoms with Crippen LogP contribution in [0.4, 0.5) is 4.39 Å². The summed E-state index contributed by atoms with van der Waals surface area (Å²) in [5.74, 6) is 2.33. The Balaban J connectivity index is 1.36. The molecule has 5 rings (SSSR count). The molecule has 1 heterocycles. The van der Waals surface area contributed by atoms with Gasteiger partial charge in [-0.3, -0.25) is 4.79 Å². The molecule has 31 heavy (non-hydrogen) atoms. The quantitative estimate of drug-likeness (QED) is 0.465. The molecule has 1 aromatic heterocycles. The smallest absolute Gasteiger partial charge is 0.139 e. The van der Waals surface area contributed by atoms with Crippen molar-refractivity contribution in [3.05, 3.63) is 65.7 Å². The van der Waals surface area contributed by atoms with E-state index in [0.717, 1.165) is 60.9 Å². The largest absolute Gasteiger partial charge is 0.323 e. The van der Waals surface area contributed by atoms with Crippen LogP contribution in [0.2, 0.25) is 0 Å². The van der Waals surface area contributed by atoms with Gasteiger partial charge >= 0.3 is 0 Å². The highest BCUT2D eigenvalue weighted by atomic mass is 19.1. The van der Waals surface area contributed by atoms with Gasteiger partial charge in [0.25, 0.3) is 0 Å². The van der Waals surface area contributed by atoms with Crippen LogP contribution in [0.15, 0.2) is 48.5 Å². The number of aromatic nitrogens is 2. The standard InChI is InChI=1S/C27H31FN2O/c28-23-10-6-7-19(17-23)18-30-25-12-5-4-11-24(25)29-27(30)22-15-13-21(14-16-22)26(31)20-8-2-1-3-9-20/h4-7,10-12,17,20-22H,1-3,8-9,13-16,18H2. The van der Waals surface area contributed by atoms with E-state index in [1.165, 1.54) is 25.3 Å². The summed E-state index contributed by atoms with van der Waals surface area (Å²) in [6.45, 7) is 0.620. The molecule has 0 atom stereocenters. The third-order valence-electron chi connectivity index (χ3n) is 7.42. The molecule has 0 N–H and O–H groups in total. The molecule has 2 aliphatic carbocycles. The van der Waals surface area contributed by atoms with Crippen molar-refractivity contribution >= 4 is 16.8 Å². The van der Waals surface area contributed by atoms with E-state index in [4.69, 9.17) is 4.98 Å². The minimum atomic E-state index is -0.204. The van der Waals surface area contributed by atoms with Crippen LogP contribution in [0.3, 0.4) is 0 Å². The van der Waals surface area contributed by atoms with Crippen LogP contribution in [0.1, 0.15) is 75.1 Å². The summed E-state index contributed by atoms with van der Waals surface area (Å²) in [6.07, 6.45) is 9.89. The molecular formula is C27H31FN2O. The summed E-state index contributed by atoms with van der Waals surface area (Å²) < 4.78 is 16.0. The highest BCUT2D eigenvalue weighted by Gasteiger charge is 2.33. The maximum absolute atomic E-state index is 13.8. The first-order valence-electron chi connectivity index (χ1n) is 11.9. The number of ketones is 1. The molecule has 0 amide bonds. The summed E-state index contributed by atoms with van der Waals surface area (Å²) >= 11 is 0. The Hall–Kier alpha value is -2.49. The van der Waals surface area contributed by atoms with Crippen LogP contribution in [0, 0.1) is 17.7 Å². The number of rotatable bonds is 5. The minimum Gasteiger partial charge on any atom is -0.323 e. The third kappa shape index (κ3) is 4.30. The second kappa shape index (κ2) is 8.94. The average Bonchev–Trinajstić information content (AvgIpc) is 3.18. The minimum absolute atomic E-state index is 0.204. The normalized spacial score (nSPS) is 22.6. The van der Waals surface area contributed by atoms with Crippen LogP contribution < -0.4 is 0 Å². The van der Waals surface area contributed by atoms with Crippen LogP contribution in [-0.2, 0) is 11.3 Å². The van der Waals surface area contributed by atoms with Gasteiger partial charge in [-0.25, -0.2) is 9.37 Å². The Kier molecular flexibility index (Phi) is 5.89. The van der Waals surface area contributed by atoms with Crippen molar-refractivity contribution in [2.75, 3.05) is 0 Å². The van der Waals surface area contributed by atoms with Gasteiger partial charge in [0.1, 0.15) is 17.4 Å². The fraction of sp³-hybridized carbons (Fsp3) is 0.481. The fourth-order valence-electron chi connectivity index (χ4n) is 5.75. The molecule has 2 saturated carbocycles. The first-order chi connectivity index (χ1) is 15.2. The number of nitrogens with zero attached hydrogens (tertiary/aromatic N) is 2. The molecule has 0 bridgehead atoms. The van der Waals surface area contributed by atoms with Crippen molar-refractivity contribution in [1.29, 1.82) is 0 Å². The van der Waals surface area contributed by atoms with Crippen molar-refractivity contribution in [2.45, 2.75) is 70.3 Å². The number of imidazole rings is 1. The summed E-state index contributed by atoms with van der Waals surface area (Å²) in [6, 6.07) is 15.1. The molecule has 0 radical (unpaired) electrons. The van der Waals surface area contributed by atoms with E-state index in [1.807, 2.05) is 18.2 Å². The number of benzene rings is 2. The van der Waals surface area contributed by atoms with Gasteiger partial charge in [0.15, 0.2) is 0 Å². The SMILES string of the molecule is O=C(C1CCCCC1)C1CCC(c2nc3ccccc3n2Cc2cccc(F)c2)CC1. The molecule has 3 nitrogen and oxygen atoms in total. The van der Waals surface area contributed by atoms with E-state index in [-0.39, 0.29) is 11.7 Å². The molecule has 4 heteroatoms. The summed E-state index contributed by atoms with van der Waals surface area (Å²) in [5.41, 5.74) is 3.04. The zero-order valence-corrected chi connectivity index (χ0v) is 18.1. The van der Waals surface area contributed by atoms with Crippen molar-refractivity contribution in [1.82, 2.24) is 9.55 Å². The van der Waals surface area contributed by atoms with Crippen molar-refractivity contribution < 1.29 is 9.18 Å². The molecular weight excluding hydrogens is 387 g/mol.